The third-order valence-corrected chi connectivity index (χ3v) is 2.62. The summed E-state index contributed by atoms with van der Waals surface area (Å²) in [7, 11) is 0. The van der Waals surface area contributed by atoms with Crippen molar-refractivity contribution in [3.63, 3.8) is 0 Å². The molecule has 0 saturated heterocycles. The van der Waals surface area contributed by atoms with Crippen LogP contribution < -0.4 is 0 Å². The molecule has 0 radical (unpaired) electrons. The van der Waals surface area contributed by atoms with Gasteiger partial charge in [0.15, 0.2) is 17.2 Å². The number of nitrogens with zero attached hydrogens (tertiary/aromatic N) is 3. The first kappa shape index (κ1) is 9.84. The number of aromatic hydroxyl groups is 1. The molecule has 4 nitrogen and oxygen atoms in total. The van der Waals surface area contributed by atoms with Crippen LogP contribution in [0.5, 0.6) is 5.75 Å². The molecule has 0 aliphatic carbocycles. The van der Waals surface area contributed by atoms with Gasteiger partial charge in [0.2, 0.25) is 0 Å². The van der Waals surface area contributed by atoms with Crippen LogP contribution in [0.25, 0.3) is 17.0 Å². The number of rotatable bonds is 1. The van der Waals surface area contributed by atoms with Crippen LogP contribution in [-0.2, 0) is 0 Å². The maximum absolute atomic E-state index is 9.66. The van der Waals surface area contributed by atoms with Crippen LogP contribution in [0.1, 0.15) is 5.56 Å². The Hall–Kier alpha value is -2.36. The number of hydrogen-bond donors (Lipinski definition) is 1. The predicted molar refractivity (Wildman–Crippen MR) is 64.8 cm³/mol. The largest absolute Gasteiger partial charge is 0.504 e. The van der Waals surface area contributed by atoms with Gasteiger partial charge in [-0.2, -0.15) is 0 Å². The second kappa shape index (κ2) is 3.59. The highest BCUT2D eigenvalue weighted by molar-refractivity contribution is 5.62. The van der Waals surface area contributed by atoms with E-state index in [0.29, 0.717) is 11.5 Å². The molecular weight excluding hydrogens is 214 g/mol. The first-order valence-electron chi connectivity index (χ1n) is 5.35. The van der Waals surface area contributed by atoms with E-state index in [-0.39, 0.29) is 5.75 Å². The number of aryl methyl sites for hydroxylation is 1. The van der Waals surface area contributed by atoms with Gasteiger partial charge in [-0.3, -0.25) is 0 Å². The monoisotopic (exact) mass is 225 g/mol. The molecule has 2 heterocycles. The normalized spacial score (nSPS) is 10.9. The molecule has 0 aliphatic heterocycles. The van der Waals surface area contributed by atoms with E-state index in [9.17, 15) is 5.11 Å². The quantitative estimate of drug-likeness (QED) is 0.691. The van der Waals surface area contributed by atoms with Gasteiger partial charge in [-0.15, -0.1) is 5.10 Å². The molecule has 84 valence electrons. The van der Waals surface area contributed by atoms with Crippen LogP contribution >= 0.6 is 0 Å². The zero-order valence-corrected chi connectivity index (χ0v) is 9.33. The zero-order chi connectivity index (χ0) is 11.8. The first-order valence-corrected chi connectivity index (χ1v) is 5.35. The van der Waals surface area contributed by atoms with E-state index in [4.69, 9.17) is 0 Å². The molecule has 17 heavy (non-hydrogen) atoms. The third-order valence-electron chi connectivity index (χ3n) is 2.62. The van der Waals surface area contributed by atoms with E-state index < -0.39 is 0 Å². The van der Waals surface area contributed by atoms with Crippen LogP contribution in [0.4, 0.5) is 0 Å². The fourth-order valence-electron chi connectivity index (χ4n) is 1.80. The first-order chi connectivity index (χ1) is 8.24. The molecule has 1 aromatic carbocycles. The Morgan fingerprint density at radius 1 is 1.18 bits per heavy atom. The van der Waals surface area contributed by atoms with Crippen molar-refractivity contribution < 1.29 is 5.11 Å². The molecule has 0 aliphatic rings. The molecule has 0 atom stereocenters. The predicted octanol–water partition coefficient (Wildman–Crippen LogP) is 2.41. The summed E-state index contributed by atoms with van der Waals surface area (Å²) in [6.45, 7) is 2.02. The lowest BCUT2D eigenvalue weighted by atomic mass is 10.1. The van der Waals surface area contributed by atoms with Crippen LogP contribution in [0.3, 0.4) is 0 Å². The summed E-state index contributed by atoms with van der Waals surface area (Å²) in [5, 5.41) is 14.0. The minimum atomic E-state index is 0.138. The van der Waals surface area contributed by atoms with E-state index in [1.807, 2.05) is 31.2 Å². The lowest BCUT2D eigenvalue weighted by Crippen LogP contribution is -1.86. The van der Waals surface area contributed by atoms with Gasteiger partial charge in [-0.05, 0) is 25.1 Å². The number of pyridine rings is 1. The average Bonchev–Trinajstić information content (AvgIpc) is 2.74. The van der Waals surface area contributed by atoms with Crippen LogP contribution in [0, 0.1) is 6.92 Å². The summed E-state index contributed by atoms with van der Waals surface area (Å²) in [4.78, 5) is 4.33. The Labute approximate surface area is 98.2 Å². The lowest BCUT2D eigenvalue weighted by Gasteiger charge is -1.95. The fraction of sp³-hybridized carbons (Fsp3) is 0.0769. The van der Waals surface area contributed by atoms with E-state index in [2.05, 4.69) is 10.1 Å². The van der Waals surface area contributed by atoms with Crippen molar-refractivity contribution in [2.45, 2.75) is 6.92 Å². The molecule has 3 aromatic rings. The van der Waals surface area contributed by atoms with Gasteiger partial charge in [0.25, 0.3) is 0 Å². The van der Waals surface area contributed by atoms with Crippen molar-refractivity contribution >= 4 is 5.65 Å². The summed E-state index contributed by atoms with van der Waals surface area (Å²) in [5.74, 6) is 0.758. The van der Waals surface area contributed by atoms with Crippen molar-refractivity contribution in [1.82, 2.24) is 14.6 Å². The van der Waals surface area contributed by atoms with Crippen molar-refractivity contribution in [1.29, 1.82) is 0 Å². The molecule has 0 bridgehead atoms. The molecule has 0 saturated carbocycles. The standard InChI is InChI=1S/C13H11N3O/c1-9-4-2-5-10(8-9)12-14-13-11(17)6-3-7-16(13)15-12/h2-8,17H,1H3. The second-order valence-electron chi connectivity index (χ2n) is 3.97. The van der Waals surface area contributed by atoms with Crippen LogP contribution in [0.15, 0.2) is 42.6 Å². The highest BCUT2D eigenvalue weighted by Gasteiger charge is 2.08. The summed E-state index contributed by atoms with van der Waals surface area (Å²) in [6.07, 6.45) is 1.77. The van der Waals surface area contributed by atoms with Gasteiger partial charge in [0, 0.05) is 11.8 Å². The van der Waals surface area contributed by atoms with E-state index in [1.165, 1.54) is 0 Å². The third kappa shape index (κ3) is 1.63. The highest BCUT2D eigenvalue weighted by atomic mass is 16.3. The summed E-state index contributed by atoms with van der Waals surface area (Å²) in [5.41, 5.74) is 2.59. The zero-order valence-electron chi connectivity index (χ0n) is 9.33. The van der Waals surface area contributed by atoms with Crippen molar-refractivity contribution in [3.8, 4) is 17.1 Å². The average molecular weight is 225 g/mol. The molecule has 2 aromatic heterocycles. The van der Waals surface area contributed by atoms with Gasteiger partial charge in [0.1, 0.15) is 0 Å². The summed E-state index contributed by atoms with van der Waals surface area (Å²) >= 11 is 0. The van der Waals surface area contributed by atoms with E-state index >= 15 is 0 Å². The molecule has 0 spiro atoms. The van der Waals surface area contributed by atoms with Crippen LogP contribution in [0.2, 0.25) is 0 Å². The SMILES string of the molecule is Cc1cccc(-c2nc3c(O)cccn3n2)c1. The Morgan fingerprint density at radius 2 is 2.06 bits per heavy atom. The Kier molecular flexibility index (Phi) is 2.08. The van der Waals surface area contributed by atoms with Crippen molar-refractivity contribution in [2.24, 2.45) is 0 Å². The molecule has 0 unspecified atom stereocenters. The summed E-state index contributed by atoms with van der Waals surface area (Å²) in [6, 6.07) is 11.3. The van der Waals surface area contributed by atoms with Gasteiger partial charge in [-0.1, -0.05) is 23.8 Å². The fourth-order valence-corrected chi connectivity index (χ4v) is 1.80. The minimum Gasteiger partial charge on any atom is -0.504 e. The number of hydrogen-bond acceptors (Lipinski definition) is 3. The van der Waals surface area contributed by atoms with Gasteiger partial charge < -0.3 is 5.11 Å². The van der Waals surface area contributed by atoms with E-state index in [1.54, 1.807) is 22.8 Å². The molecule has 0 fully saturated rings. The Bertz CT molecular complexity index is 688. The molecule has 3 rings (SSSR count). The second-order valence-corrected chi connectivity index (χ2v) is 3.97. The topological polar surface area (TPSA) is 50.4 Å². The molecule has 4 heteroatoms. The molecule has 0 amide bonds. The Balaban J connectivity index is 2.22. The maximum atomic E-state index is 9.66. The number of benzene rings is 1. The molecule has 1 N–H and O–H groups in total. The number of fused-ring (bicyclic) bond motifs is 1. The van der Waals surface area contributed by atoms with Gasteiger partial charge in [-0.25, -0.2) is 9.50 Å². The molecular formula is C13H11N3O. The smallest absolute Gasteiger partial charge is 0.198 e. The minimum absolute atomic E-state index is 0.138. The summed E-state index contributed by atoms with van der Waals surface area (Å²) < 4.78 is 1.58. The Morgan fingerprint density at radius 3 is 2.82 bits per heavy atom. The van der Waals surface area contributed by atoms with Crippen LogP contribution in [-0.4, -0.2) is 19.7 Å². The highest BCUT2D eigenvalue weighted by Crippen LogP contribution is 2.21. The van der Waals surface area contributed by atoms with E-state index in [0.717, 1.165) is 11.1 Å². The van der Waals surface area contributed by atoms with Gasteiger partial charge >= 0.3 is 0 Å². The van der Waals surface area contributed by atoms with Crippen molar-refractivity contribution in [2.75, 3.05) is 0 Å². The number of aromatic nitrogens is 3. The lowest BCUT2D eigenvalue weighted by molar-refractivity contribution is 0.477. The van der Waals surface area contributed by atoms with Crippen molar-refractivity contribution in [3.05, 3.63) is 48.2 Å². The maximum Gasteiger partial charge on any atom is 0.198 e. The van der Waals surface area contributed by atoms with Gasteiger partial charge in [0.05, 0.1) is 0 Å².